The summed E-state index contributed by atoms with van der Waals surface area (Å²) in [5, 5.41) is 4.11. The first-order valence-corrected chi connectivity index (χ1v) is 9.30. The lowest BCUT2D eigenvalue weighted by Gasteiger charge is -2.36. The van der Waals surface area contributed by atoms with Crippen molar-refractivity contribution < 1.29 is 13.2 Å². The van der Waals surface area contributed by atoms with Crippen molar-refractivity contribution in [2.24, 2.45) is 4.99 Å². The highest BCUT2D eigenvalue weighted by Gasteiger charge is 2.26. The highest BCUT2D eigenvalue weighted by Crippen LogP contribution is 2.22. The molecule has 2 heterocycles. The average molecular weight is 506 g/mol. The second kappa shape index (κ2) is 11.1. The molecule has 6 nitrogen and oxygen atoms in total. The summed E-state index contributed by atoms with van der Waals surface area (Å²) in [5.74, 6) is 1.62. The normalized spacial score (nSPS) is 15.8. The Morgan fingerprint density at radius 3 is 2.46 bits per heavy atom. The molecule has 0 aliphatic carbocycles. The fourth-order valence-corrected chi connectivity index (χ4v) is 3.41. The predicted octanol–water partition coefficient (Wildman–Crippen LogP) is 3.15. The summed E-state index contributed by atoms with van der Waals surface area (Å²) in [6.07, 6.45) is -3.35. The number of aromatic nitrogens is 2. The van der Waals surface area contributed by atoms with Crippen LogP contribution in [0.2, 0.25) is 0 Å². The molecular weight excluding hydrogens is 480 g/mol. The van der Waals surface area contributed by atoms with Crippen LogP contribution in [0, 0.1) is 0 Å². The van der Waals surface area contributed by atoms with Gasteiger partial charge in [0, 0.05) is 64.1 Å². The fourth-order valence-electron chi connectivity index (χ4n) is 2.61. The number of aliphatic imine (C=N–C) groups is 1. The molecule has 0 spiro atoms. The summed E-state index contributed by atoms with van der Waals surface area (Å²) >= 11 is 1.43. The van der Waals surface area contributed by atoms with Gasteiger partial charge in [-0.3, -0.25) is 4.99 Å². The molecule has 1 aliphatic rings. The summed E-state index contributed by atoms with van der Waals surface area (Å²) < 4.78 is 40.7. The van der Waals surface area contributed by atoms with Crippen LogP contribution in [-0.2, 0) is 6.42 Å². The number of alkyl halides is 3. The Labute approximate surface area is 173 Å². The van der Waals surface area contributed by atoms with Gasteiger partial charge in [0.05, 0.1) is 0 Å². The molecule has 1 aliphatic heterocycles. The number of hydrogen-bond donors (Lipinski definition) is 1. The molecule has 0 unspecified atom stereocenters. The Balaban J connectivity index is 0.00000338. The topological polar surface area (TPSA) is 56.7 Å². The zero-order valence-electron chi connectivity index (χ0n) is 15.1. The third-order valence-electron chi connectivity index (χ3n) is 4.01. The van der Waals surface area contributed by atoms with Crippen LogP contribution < -0.4 is 10.2 Å². The van der Waals surface area contributed by atoms with Crippen LogP contribution in [0.15, 0.2) is 4.99 Å². The van der Waals surface area contributed by atoms with Crippen LogP contribution in [0.5, 0.6) is 0 Å². The first-order chi connectivity index (χ1) is 11.9. The van der Waals surface area contributed by atoms with Gasteiger partial charge in [0.25, 0.3) is 0 Å². The van der Waals surface area contributed by atoms with Crippen molar-refractivity contribution >= 4 is 46.6 Å². The minimum absolute atomic E-state index is 0. The smallest absolute Gasteiger partial charge is 0.356 e. The lowest BCUT2D eigenvalue weighted by atomic mass is 10.2. The van der Waals surface area contributed by atoms with Gasteiger partial charge in [-0.25, -0.2) is 4.98 Å². The molecule has 26 heavy (non-hydrogen) atoms. The number of nitrogens with one attached hydrogen (secondary N) is 1. The van der Waals surface area contributed by atoms with E-state index in [-0.39, 0.29) is 30.4 Å². The fraction of sp³-hybridized carbons (Fsp3) is 0.800. The molecule has 1 saturated heterocycles. The molecule has 0 aromatic carbocycles. The molecule has 2 rings (SSSR count). The molecule has 1 aromatic rings. The molecule has 1 N–H and O–H groups in total. The van der Waals surface area contributed by atoms with Crippen molar-refractivity contribution in [3.63, 3.8) is 0 Å². The van der Waals surface area contributed by atoms with E-state index in [9.17, 15) is 13.2 Å². The quantitative estimate of drug-likeness (QED) is 0.278. The van der Waals surface area contributed by atoms with Crippen LogP contribution in [0.1, 0.15) is 32.0 Å². The Hall–Kier alpha value is -0.850. The zero-order chi connectivity index (χ0) is 18.3. The SMILES string of the molecule is CCc1nsc(N2CCN(C(=NC)NCCCCC(F)(F)F)CC2)n1.I. The Kier molecular flexibility index (Phi) is 9.90. The molecule has 0 bridgehead atoms. The highest BCUT2D eigenvalue weighted by molar-refractivity contribution is 14.0. The van der Waals surface area contributed by atoms with Gasteiger partial charge < -0.3 is 15.1 Å². The molecular formula is C15H26F3IN6S. The highest BCUT2D eigenvalue weighted by atomic mass is 127. The maximum atomic E-state index is 12.1. The van der Waals surface area contributed by atoms with Crippen molar-refractivity contribution in [2.75, 3.05) is 44.7 Å². The minimum atomic E-state index is -4.07. The monoisotopic (exact) mass is 506 g/mol. The van der Waals surface area contributed by atoms with Crippen LogP contribution in [0.3, 0.4) is 0 Å². The molecule has 1 fully saturated rings. The number of rotatable bonds is 6. The van der Waals surface area contributed by atoms with Gasteiger partial charge in [0.15, 0.2) is 5.96 Å². The third kappa shape index (κ3) is 7.41. The molecule has 0 radical (unpaired) electrons. The van der Waals surface area contributed by atoms with Crippen molar-refractivity contribution in [3.05, 3.63) is 5.82 Å². The van der Waals surface area contributed by atoms with Crippen molar-refractivity contribution in [1.82, 2.24) is 19.6 Å². The molecule has 0 saturated carbocycles. The van der Waals surface area contributed by atoms with Gasteiger partial charge in [0.2, 0.25) is 5.13 Å². The van der Waals surface area contributed by atoms with Crippen LogP contribution in [0.25, 0.3) is 0 Å². The number of aryl methyl sites for hydroxylation is 1. The lowest BCUT2D eigenvalue weighted by molar-refractivity contribution is -0.135. The maximum Gasteiger partial charge on any atom is 0.389 e. The average Bonchev–Trinajstić information content (AvgIpc) is 3.06. The molecule has 11 heteroatoms. The number of piperazine rings is 1. The Morgan fingerprint density at radius 2 is 1.92 bits per heavy atom. The van der Waals surface area contributed by atoms with E-state index in [0.717, 1.165) is 49.5 Å². The van der Waals surface area contributed by atoms with Crippen LogP contribution in [0.4, 0.5) is 18.3 Å². The summed E-state index contributed by atoms with van der Waals surface area (Å²) in [4.78, 5) is 13.1. The molecule has 0 amide bonds. The van der Waals surface area contributed by atoms with Gasteiger partial charge in [-0.2, -0.15) is 17.5 Å². The lowest BCUT2D eigenvalue weighted by Crippen LogP contribution is -2.52. The van der Waals surface area contributed by atoms with E-state index in [4.69, 9.17) is 0 Å². The maximum absolute atomic E-state index is 12.1. The van der Waals surface area contributed by atoms with Gasteiger partial charge in [-0.05, 0) is 12.8 Å². The summed E-state index contributed by atoms with van der Waals surface area (Å²) in [6.45, 7) is 5.78. The molecule has 0 atom stereocenters. The second-order valence-electron chi connectivity index (χ2n) is 5.87. The van der Waals surface area contributed by atoms with E-state index in [1.54, 1.807) is 7.05 Å². The largest absolute Gasteiger partial charge is 0.389 e. The standard InChI is InChI=1S/C15H25F3N6S.HI/c1-3-12-21-14(25-22-12)24-10-8-23(9-11-24)13(19-2)20-7-5-4-6-15(16,17)18;/h3-11H2,1-2H3,(H,19,20);1H. The number of guanidine groups is 1. The van der Waals surface area contributed by atoms with Crippen molar-refractivity contribution in [2.45, 2.75) is 38.8 Å². The van der Waals surface area contributed by atoms with Gasteiger partial charge in [-0.15, -0.1) is 24.0 Å². The first-order valence-electron chi connectivity index (χ1n) is 8.53. The van der Waals surface area contributed by atoms with Gasteiger partial charge >= 0.3 is 6.18 Å². The molecule has 1 aromatic heterocycles. The Morgan fingerprint density at radius 1 is 1.23 bits per heavy atom. The van der Waals surface area contributed by atoms with Crippen molar-refractivity contribution in [1.29, 1.82) is 0 Å². The molecule has 150 valence electrons. The van der Waals surface area contributed by atoms with E-state index in [1.165, 1.54) is 11.5 Å². The first kappa shape index (κ1) is 23.2. The minimum Gasteiger partial charge on any atom is -0.356 e. The van der Waals surface area contributed by atoms with E-state index in [0.29, 0.717) is 13.0 Å². The summed E-state index contributed by atoms with van der Waals surface area (Å²) in [5.41, 5.74) is 0. The number of unbranched alkanes of at least 4 members (excludes halogenated alkanes) is 1. The van der Waals surface area contributed by atoms with Gasteiger partial charge in [0.1, 0.15) is 5.82 Å². The number of halogens is 4. The van der Waals surface area contributed by atoms with E-state index in [2.05, 4.69) is 29.5 Å². The van der Waals surface area contributed by atoms with E-state index >= 15 is 0 Å². The third-order valence-corrected chi connectivity index (χ3v) is 4.82. The van der Waals surface area contributed by atoms with E-state index < -0.39 is 12.6 Å². The number of anilines is 1. The predicted molar refractivity (Wildman–Crippen MR) is 110 cm³/mol. The van der Waals surface area contributed by atoms with Crippen molar-refractivity contribution in [3.8, 4) is 0 Å². The second-order valence-corrected chi connectivity index (χ2v) is 6.60. The number of hydrogen-bond acceptors (Lipinski definition) is 5. The Bertz CT molecular complexity index is 558. The van der Waals surface area contributed by atoms with Gasteiger partial charge in [-0.1, -0.05) is 6.92 Å². The summed E-state index contributed by atoms with van der Waals surface area (Å²) in [6, 6.07) is 0. The van der Waals surface area contributed by atoms with E-state index in [1.807, 2.05) is 6.92 Å². The van der Waals surface area contributed by atoms with Crippen LogP contribution in [-0.4, -0.2) is 66.2 Å². The zero-order valence-corrected chi connectivity index (χ0v) is 18.2. The number of nitrogens with zero attached hydrogens (tertiary/aromatic N) is 5. The summed E-state index contributed by atoms with van der Waals surface area (Å²) in [7, 11) is 1.70. The van der Waals surface area contributed by atoms with Crippen LogP contribution >= 0.6 is 35.5 Å².